The first-order valence-electron chi connectivity index (χ1n) is 15.2. The normalized spacial score (nSPS) is 21.0. The molecular weight excluding hydrogens is 561 g/mol. The molecule has 3 aromatic heterocycles. The molecule has 228 valence electrons. The van der Waals surface area contributed by atoms with E-state index >= 15 is 0 Å². The first-order chi connectivity index (χ1) is 21.2. The van der Waals surface area contributed by atoms with Crippen LogP contribution in [0.1, 0.15) is 72.6 Å². The molecule has 11 heteroatoms. The number of aromatic nitrogens is 5. The molecule has 1 amide bonds. The van der Waals surface area contributed by atoms with Crippen LogP contribution >= 0.6 is 0 Å². The fraction of sp³-hybridized carbons (Fsp3) is 0.424. The van der Waals surface area contributed by atoms with Gasteiger partial charge in [0.2, 0.25) is 0 Å². The van der Waals surface area contributed by atoms with Crippen LogP contribution in [0.25, 0.3) is 22.5 Å². The summed E-state index contributed by atoms with van der Waals surface area (Å²) < 4.78 is 23.3. The summed E-state index contributed by atoms with van der Waals surface area (Å²) in [6.07, 6.45) is 8.57. The van der Waals surface area contributed by atoms with Crippen LogP contribution in [0.2, 0.25) is 0 Å². The molecule has 44 heavy (non-hydrogen) atoms. The highest BCUT2D eigenvalue weighted by Crippen LogP contribution is 2.47. The van der Waals surface area contributed by atoms with Gasteiger partial charge in [0.25, 0.3) is 11.5 Å². The smallest absolute Gasteiger partial charge is 0.263 e. The van der Waals surface area contributed by atoms with Crippen molar-refractivity contribution in [2.75, 3.05) is 19.0 Å². The van der Waals surface area contributed by atoms with Gasteiger partial charge in [-0.3, -0.25) is 9.59 Å². The summed E-state index contributed by atoms with van der Waals surface area (Å²) in [5.74, 6) is 0.267. The second-order valence-electron chi connectivity index (χ2n) is 12.7. The summed E-state index contributed by atoms with van der Waals surface area (Å²) in [4.78, 5) is 32.0. The third kappa shape index (κ3) is 5.69. The topological polar surface area (TPSA) is 116 Å². The van der Waals surface area contributed by atoms with Crippen LogP contribution in [-0.2, 0) is 18.3 Å². The maximum atomic E-state index is 14.4. The van der Waals surface area contributed by atoms with E-state index in [0.29, 0.717) is 23.8 Å². The minimum absolute atomic E-state index is 0.0883. The standard InChI is InChI=1S/C33H36FN7O3/c1-33(14-28(33)44-3)17-35-15-19-10-26(32(43)41(16-19)23-7-8-23)31(42)38-29-12-21(11-27(37-29)20-4-5-20)24-9-6-22(34)13-25(24)30-39-36-18-40(30)2/h6,9-13,16,18,20,23,28,35H,4-5,7-8,14-15,17H2,1-3H3,(H,37,38,42)/t28?,33-/m1/s1. The predicted octanol–water partition coefficient (Wildman–Crippen LogP) is 4.82. The molecule has 3 aliphatic carbocycles. The molecule has 10 nitrogen and oxygen atoms in total. The van der Waals surface area contributed by atoms with Crippen molar-refractivity contribution in [2.45, 2.75) is 63.6 Å². The molecule has 3 aliphatic rings. The maximum absolute atomic E-state index is 14.4. The van der Waals surface area contributed by atoms with E-state index < -0.39 is 5.91 Å². The molecule has 3 fully saturated rings. The molecule has 7 rings (SSSR count). The zero-order valence-corrected chi connectivity index (χ0v) is 25.1. The summed E-state index contributed by atoms with van der Waals surface area (Å²) in [5.41, 5.74) is 3.71. The van der Waals surface area contributed by atoms with E-state index in [1.54, 1.807) is 47.8 Å². The van der Waals surface area contributed by atoms with Crippen molar-refractivity contribution in [3.63, 3.8) is 0 Å². The van der Waals surface area contributed by atoms with Crippen LogP contribution in [-0.4, -0.2) is 50.0 Å². The average molecular weight is 598 g/mol. The molecule has 3 saturated carbocycles. The lowest BCUT2D eigenvalue weighted by atomic mass is 9.98. The van der Waals surface area contributed by atoms with Crippen molar-refractivity contribution in [3.8, 4) is 22.5 Å². The van der Waals surface area contributed by atoms with Gasteiger partial charge >= 0.3 is 0 Å². The summed E-state index contributed by atoms with van der Waals surface area (Å²) >= 11 is 0. The number of amides is 1. The Bertz CT molecular complexity index is 1810. The summed E-state index contributed by atoms with van der Waals surface area (Å²) in [7, 11) is 3.54. The molecule has 0 spiro atoms. The Hall–Kier alpha value is -4.22. The lowest BCUT2D eigenvalue weighted by Gasteiger charge is -2.15. The van der Waals surface area contributed by atoms with Crippen LogP contribution in [0.5, 0.6) is 0 Å². The lowest BCUT2D eigenvalue weighted by molar-refractivity contribution is 0.102. The molecule has 2 N–H and O–H groups in total. The predicted molar refractivity (Wildman–Crippen MR) is 164 cm³/mol. The Morgan fingerprint density at radius 3 is 2.64 bits per heavy atom. The highest BCUT2D eigenvalue weighted by atomic mass is 19.1. The molecule has 0 radical (unpaired) electrons. The van der Waals surface area contributed by atoms with Crippen LogP contribution in [0, 0.1) is 11.2 Å². The highest BCUT2D eigenvalue weighted by molar-refractivity contribution is 6.04. The number of methoxy groups -OCH3 is 1. The largest absolute Gasteiger partial charge is 0.381 e. The van der Waals surface area contributed by atoms with Gasteiger partial charge in [0.05, 0.1) is 6.10 Å². The van der Waals surface area contributed by atoms with E-state index in [-0.39, 0.29) is 40.4 Å². The van der Waals surface area contributed by atoms with Crippen molar-refractivity contribution in [1.29, 1.82) is 0 Å². The molecular formula is C33H36FN7O3. The Morgan fingerprint density at radius 1 is 1.14 bits per heavy atom. The number of benzene rings is 1. The molecule has 0 saturated heterocycles. The fourth-order valence-corrected chi connectivity index (χ4v) is 5.98. The fourth-order valence-electron chi connectivity index (χ4n) is 5.98. The maximum Gasteiger partial charge on any atom is 0.263 e. The molecule has 1 aromatic carbocycles. The number of aryl methyl sites for hydroxylation is 1. The quantitative estimate of drug-likeness (QED) is 0.255. The Kier molecular flexibility index (Phi) is 7.17. The van der Waals surface area contributed by atoms with Gasteiger partial charge in [0.1, 0.15) is 23.5 Å². The first-order valence-corrected chi connectivity index (χ1v) is 15.2. The second-order valence-corrected chi connectivity index (χ2v) is 12.7. The van der Waals surface area contributed by atoms with Crippen LogP contribution in [0.15, 0.2) is 53.7 Å². The number of nitrogens with zero attached hydrogens (tertiary/aromatic N) is 5. The number of anilines is 1. The molecule has 1 unspecified atom stereocenters. The summed E-state index contributed by atoms with van der Waals surface area (Å²) in [6, 6.07) is 10.1. The average Bonchev–Trinajstić information content (AvgIpc) is 3.91. The third-order valence-corrected chi connectivity index (χ3v) is 9.02. The molecule has 4 aromatic rings. The SMILES string of the molecule is COC1C[C@]1(C)CNCc1cc(C(=O)Nc2cc(-c3ccc(F)cc3-c3nncn3C)cc(C3CC3)n2)c(=O)n(C2CC2)c1. The third-order valence-electron chi connectivity index (χ3n) is 9.02. The van der Waals surface area contributed by atoms with Crippen molar-refractivity contribution < 1.29 is 13.9 Å². The number of rotatable bonds is 11. The molecule has 0 bridgehead atoms. The minimum Gasteiger partial charge on any atom is -0.381 e. The van der Waals surface area contributed by atoms with E-state index in [4.69, 9.17) is 9.72 Å². The van der Waals surface area contributed by atoms with Gasteiger partial charge in [-0.2, -0.15) is 0 Å². The van der Waals surface area contributed by atoms with E-state index in [0.717, 1.165) is 61.0 Å². The second kappa shape index (κ2) is 11.0. The number of ether oxygens (including phenoxy) is 1. The van der Waals surface area contributed by atoms with E-state index in [2.05, 4.69) is 27.8 Å². The highest BCUT2D eigenvalue weighted by Gasteiger charge is 2.50. The number of hydrogen-bond donors (Lipinski definition) is 2. The van der Waals surface area contributed by atoms with Gasteiger partial charge < -0.3 is 24.5 Å². The van der Waals surface area contributed by atoms with Gasteiger partial charge in [-0.15, -0.1) is 10.2 Å². The Labute approximate surface area is 254 Å². The zero-order chi connectivity index (χ0) is 30.6. The monoisotopic (exact) mass is 597 g/mol. The molecule has 3 heterocycles. The van der Waals surface area contributed by atoms with E-state index in [1.165, 1.54) is 12.1 Å². The number of pyridine rings is 2. The van der Waals surface area contributed by atoms with Crippen LogP contribution < -0.4 is 16.2 Å². The van der Waals surface area contributed by atoms with Gasteiger partial charge in [-0.25, -0.2) is 9.37 Å². The van der Waals surface area contributed by atoms with E-state index in [9.17, 15) is 14.0 Å². The van der Waals surface area contributed by atoms with Crippen LogP contribution in [0.4, 0.5) is 10.2 Å². The van der Waals surface area contributed by atoms with Gasteiger partial charge in [-0.05, 0) is 79.1 Å². The number of halogens is 1. The minimum atomic E-state index is -0.501. The van der Waals surface area contributed by atoms with Gasteiger partial charge in [0, 0.05) is 62.1 Å². The van der Waals surface area contributed by atoms with Crippen molar-refractivity contribution >= 4 is 11.7 Å². The van der Waals surface area contributed by atoms with E-state index in [1.807, 2.05) is 12.3 Å². The Balaban J connectivity index is 1.19. The summed E-state index contributed by atoms with van der Waals surface area (Å²) in [6.45, 7) is 3.52. The van der Waals surface area contributed by atoms with Gasteiger partial charge in [-0.1, -0.05) is 13.0 Å². The number of carbonyl (C=O) groups is 1. The first kappa shape index (κ1) is 28.5. The zero-order valence-electron chi connectivity index (χ0n) is 25.1. The molecule has 0 aliphatic heterocycles. The van der Waals surface area contributed by atoms with Crippen molar-refractivity contribution in [1.82, 2.24) is 29.6 Å². The molecule has 2 atom stereocenters. The van der Waals surface area contributed by atoms with Crippen LogP contribution in [0.3, 0.4) is 0 Å². The Morgan fingerprint density at radius 2 is 1.95 bits per heavy atom. The van der Waals surface area contributed by atoms with Gasteiger partial charge in [0.15, 0.2) is 5.82 Å². The number of carbonyl (C=O) groups excluding carboxylic acids is 1. The lowest BCUT2D eigenvalue weighted by Crippen LogP contribution is -2.31. The summed E-state index contributed by atoms with van der Waals surface area (Å²) in [5, 5.41) is 14.6. The number of nitrogens with one attached hydrogen (secondary N) is 2. The van der Waals surface area contributed by atoms with Crippen molar-refractivity contribution in [3.05, 3.63) is 81.9 Å². The van der Waals surface area contributed by atoms with Crippen molar-refractivity contribution in [2.24, 2.45) is 12.5 Å². The number of hydrogen-bond acceptors (Lipinski definition) is 7.